The van der Waals surface area contributed by atoms with Crippen molar-refractivity contribution in [3.05, 3.63) is 24.0 Å². The maximum atomic E-state index is 13.0. The van der Waals surface area contributed by atoms with Crippen molar-refractivity contribution in [1.29, 1.82) is 0 Å². The molecule has 0 amide bonds. The minimum atomic E-state index is -3.99. The molecule has 4 nitrogen and oxygen atoms in total. The van der Waals surface area contributed by atoms with Crippen LogP contribution in [-0.2, 0) is 10.0 Å². The fraction of sp³-hybridized carbons (Fsp3) is 0.538. The van der Waals surface area contributed by atoms with Crippen LogP contribution in [0.15, 0.2) is 23.1 Å². The average molecular weight is 289 g/mol. The van der Waals surface area contributed by atoms with E-state index in [0.29, 0.717) is 6.61 Å². The Bertz CT molecular complexity index is 535. The zero-order valence-corrected chi connectivity index (χ0v) is 12.3. The minimum absolute atomic E-state index is 0.0952. The fourth-order valence-electron chi connectivity index (χ4n) is 1.61. The van der Waals surface area contributed by atoms with Crippen LogP contribution in [0.3, 0.4) is 0 Å². The molecule has 0 unspecified atom stereocenters. The molecule has 6 heteroatoms. The van der Waals surface area contributed by atoms with Gasteiger partial charge in [-0.05, 0) is 36.5 Å². The topological polar surface area (TPSA) is 69.4 Å². The molecule has 0 radical (unpaired) electrons. The van der Waals surface area contributed by atoms with Crippen LogP contribution in [-0.4, -0.2) is 15.0 Å². The second-order valence-electron chi connectivity index (χ2n) is 5.65. The monoisotopic (exact) mass is 289 g/mol. The van der Waals surface area contributed by atoms with Gasteiger partial charge in [0.25, 0.3) is 0 Å². The Balaban J connectivity index is 2.74. The van der Waals surface area contributed by atoms with Gasteiger partial charge >= 0.3 is 0 Å². The highest BCUT2D eigenvalue weighted by molar-refractivity contribution is 7.89. The van der Waals surface area contributed by atoms with Crippen molar-refractivity contribution in [2.24, 2.45) is 10.6 Å². The van der Waals surface area contributed by atoms with E-state index in [2.05, 4.69) is 20.8 Å². The molecule has 0 aliphatic heterocycles. The van der Waals surface area contributed by atoms with Gasteiger partial charge in [0.05, 0.1) is 6.61 Å². The van der Waals surface area contributed by atoms with Gasteiger partial charge in [0, 0.05) is 0 Å². The van der Waals surface area contributed by atoms with Crippen LogP contribution in [0, 0.1) is 11.2 Å². The summed E-state index contributed by atoms with van der Waals surface area (Å²) in [6, 6.07) is 3.30. The van der Waals surface area contributed by atoms with Crippen LogP contribution < -0.4 is 9.88 Å². The molecule has 0 bridgehead atoms. The third-order valence-electron chi connectivity index (χ3n) is 2.54. The van der Waals surface area contributed by atoms with E-state index in [-0.39, 0.29) is 16.1 Å². The Morgan fingerprint density at radius 2 is 1.95 bits per heavy atom. The Kier molecular flexibility index (Phi) is 4.92. The third-order valence-corrected chi connectivity index (χ3v) is 3.47. The number of nitrogens with two attached hydrogens (primary N) is 1. The van der Waals surface area contributed by atoms with E-state index in [1.54, 1.807) is 0 Å². The van der Waals surface area contributed by atoms with E-state index < -0.39 is 15.8 Å². The average Bonchev–Trinajstić information content (AvgIpc) is 2.23. The molecule has 0 saturated heterocycles. The Labute approximate surface area is 113 Å². The normalized spacial score (nSPS) is 12.5. The summed E-state index contributed by atoms with van der Waals surface area (Å²) >= 11 is 0. The molecule has 0 saturated carbocycles. The third kappa shape index (κ3) is 5.57. The maximum Gasteiger partial charge on any atom is 0.241 e. The number of hydrogen-bond donors (Lipinski definition) is 1. The molecule has 0 heterocycles. The molecule has 0 aliphatic rings. The lowest BCUT2D eigenvalue weighted by molar-refractivity contribution is 0.264. The maximum absolute atomic E-state index is 13.0. The molecule has 1 aromatic rings. The molecule has 0 fully saturated rings. The van der Waals surface area contributed by atoms with Crippen LogP contribution in [0.2, 0.25) is 0 Å². The number of ether oxygens (including phenoxy) is 1. The quantitative estimate of drug-likeness (QED) is 0.847. The van der Waals surface area contributed by atoms with Crippen molar-refractivity contribution in [3.63, 3.8) is 0 Å². The molecule has 0 aromatic heterocycles. The molecular weight excluding hydrogens is 269 g/mol. The summed E-state index contributed by atoms with van der Waals surface area (Å²) in [5.41, 5.74) is 0.189. The van der Waals surface area contributed by atoms with Crippen LogP contribution in [0.5, 0.6) is 5.75 Å². The predicted molar refractivity (Wildman–Crippen MR) is 72.0 cm³/mol. The molecule has 108 valence electrons. The highest BCUT2D eigenvalue weighted by Gasteiger charge is 2.16. The zero-order chi connectivity index (χ0) is 14.7. The minimum Gasteiger partial charge on any atom is -0.492 e. The number of sulfonamides is 1. The number of primary sulfonamides is 1. The first kappa shape index (κ1) is 15.9. The summed E-state index contributed by atoms with van der Waals surface area (Å²) in [7, 11) is -3.99. The molecule has 1 rings (SSSR count). The van der Waals surface area contributed by atoms with Crippen LogP contribution in [0.25, 0.3) is 0 Å². The van der Waals surface area contributed by atoms with Gasteiger partial charge in [0.15, 0.2) is 0 Å². The largest absolute Gasteiger partial charge is 0.492 e. The first-order chi connectivity index (χ1) is 8.59. The molecular formula is C13H20FNO3S. The van der Waals surface area contributed by atoms with Gasteiger partial charge in [-0.3, -0.25) is 0 Å². The summed E-state index contributed by atoms with van der Waals surface area (Å²) in [6.45, 7) is 6.70. The van der Waals surface area contributed by atoms with Gasteiger partial charge in [-0.1, -0.05) is 20.8 Å². The first-order valence-electron chi connectivity index (χ1n) is 6.05. The molecule has 2 N–H and O–H groups in total. The van der Waals surface area contributed by atoms with Crippen molar-refractivity contribution in [1.82, 2.24) is 0 Å². The van der Waals surface area contributed by atoms with Crippen molar-refractivity contribution >= 4 is 10.0 Å². The molecule has 0 atom stereocenters. The van der Waals surface area contributed by atoms with Gasteiger partial charge in [0.2, 0.25) is 10.0 Å². The molecule has 1 aromatic carbocycles. The Hall–Kier alpha value is -1.14. The number of rotatable bonds is 5. The number of hydrogen-bond acceptors (Lipinski definition) is 3. The highest BCUT2D eigenvalue weighted by Crippen LogP contribution is 2.25. The van der Waals surface area contributed by atoms with Gasteiger partial charge in [-0.2, -0.15) is 0 Å². The molecule has 0 aliphatic carbocycles. The summed E-state index contributed by atoms with van der Waals surface area (Å²) < 4.78 is 41.1. The van der Waals surface area contributed by atoms with Crippen molar-refractivity contribution in [3.8, 4) is 5.75 Å². The summed E-state index contributed by atoms with van der Waals surface area (Å²) in [5, 5.41) is 5.03. The van der Waals surface area contributed by atoms with Crippen LogP contribution in [0.4, 0.5) is 4.39 Å². The Morgan fingerprint density at radius 1 is 1.32 bits per heavy atom. The lowest BCUT2D eigenvalue weighted by Crippen LogP contribution is -2.15. The summed E-state index contributed by atoms with van der Waals surface area (Å²) in [5.74, 6) is -0.566. The van der Waals surface area contributed by atoms with Crippen LogP contribution >= 0.6 is 0 Å². The van der Waals surface area contributed by atoms with Crippen molar-refractivity contribution < 1.29 is 17.5 Å². The van der Waals surface area contributed by atoms with Gasteiger partial charge < -0.3 is 4.74 Å². The number of halogens is 1. The second kappa shape index (κ2) is 5.88. The lowest BCUT2D eigenvalue weighted by atomic mass is 9.91. The number of benzene rings is 1. The van der Waals surface area contributed by atoms with E-state index in [0.717, 1.165) is 25.0 Å². The fourth-order valence-corrected chi connectivity index (χ4v) is 2.29. The highest BCUT2D eigenvalue weighted by atomic mass is 32.2. The van der Waals surface area contributed by atoms with E-state index in [1.807, 2.05) is 0 Å². The first-order valence-corrected chi connectivity index (χ1v) is 7.59. The van der Waals surface area contributed by atoms with E-state index >= 15 is 0 Å². The van der Waals surface area contributed by atoms with E-state index in [9.17, 15) is 12.8 Å². The summed E-state index contributed by atoms with van der Waals surface area (Å²) in [4.78, 5) is -0.316. The molecule has 19 heavy (non-hydrogen) atoms. The molecule has 0 spiro atoms. The Morgan fingerprint density at radius 3 is 2.47 bits per heavy atom. The second-order valence-corrected chi connectivity index (χ2v) is 7.18. The SMILES string of the molecule is CC(C)(C)CCCOc1ccc(F)cc1S(N)(=O)=O. The predicted octanol–water partition coefficient (Wildman–Crippen LogP) is 2.68. The standard InChI is InChI=1S/C13H20FNO3S/c1-13(2,3)7-4-8-18-11-6-5-10(14)9-12(11)19(15,16)17/h5-6,9H,4,7-8H2,1-3H3,(H2,15,16,17). The van der Waals surface area contributed by atoms with E-state index in [4.69, 9.17) is 9.88 Å². The van der Waals surface area contributed by atoms with Gasteiger partial charge in [0.1, 0.15) is 16.5 Å². The lowest BCUT2D eigenvalue weighted by Gasteiger charge is -2.18. The van der Waals surface area contributed by atoms with Crippen molar-refractivity contribution in [2.45, 2.75) is 38.5 Å². The smallest absolute Gasteiger partial charge is 0.241 e. The van der Waals surface area contributed by atoms with E-state index in [1.165, 1.54) is 6.07 Å². The summed E-state index contributed by atoms with van der Waals surface area (Å²) in [6.07, 6.45) is 1.73. The van der Waals surface area contributed by atoms with Crippen molar-refractivity contribution in [2.75, 3.05) is 6.61 Å². The zero-order valence-electron chi connectivity index (χ0n) is 11.4. The van der Waals surface area contributed by atoms with Gasteiger partial charge in [-0.15, -0.1) is 0 Å². The van der Waals surface area contributed by atoms with Crippen LogP contribution in [0.1, 0.15) is 33.6 Å². The van der Waals surface area contributed by atoms with Gasteiger partial charge in [-0.25, -0.2) is 17.9 Å².